The maximum absolute atomic E-state index is 6.79. The van der Waals surface area contributed by atoms with Gasteiger partial charge in [0.25, 0.3) is 0 Å². The van der Waals surface area contributed by atoms with E-state index in [4.69, 9.17) is 4.42 Å². The first-order chi connectivity index (χ1) is 29.8. The van der Waals surface area contributed by atoms with Gasteiger partial charge in [-0.25, -0.2) is 0 Å². The van der Waals surface area contributed by atoms with Crippen LogP contribution in [0.2, 0.25) is 0 Å². The average molecular weight is 766 g/mol. The molecule has 2 heteroatoms. The highest BCUT2D eigenvalue weighted by atomic mass is 16.3. The van der Waals surface area contributed by atoms with Crippen LogP contribution >= 0.6 is 0 Å². The second kappa shape index (κ2) is 15.1. The van der Waals surface area contributed by atoms with Crippen LogP contribution in [-0.4, -0.2) is 0 Å². The Labute approximate surface area is 349 Å². The highest BCUT2D eigenvalue weighted by molar-refractivity contribution is 6.16. The summed E-state index contributed by atoms with van der Waals surface area (Å²) in [5.74, 6) is 0. The molecule has 2 nitrogen and oxygen atoms in total. The molecule has 0 radical (unpaired) electrons. The Morgan fingerprint density at radius 3 is 1.58 bits per heavy atom. The van der Waals surface area contributed by atoms with Crippen molar-refractivity contribution in [3.05, 3.63) is 237 Å². The topological polar surface area (TPSA) is 16.4 Å². The SMILES string of the molecule is c1ccc(-c2ccc3cccc(-c4cccc(N(c5ccc(-c6ccccc6-c6ccccc6)cc5)c5cccc6oc7c(-c8ccccc8)cccc7c56)c4)c3c2)cc1. The van der Waals surface area contributed by atoms with E-state index < -0.39 is 0 Å². The molecule has 282 valence electrons. The smallest absolute Gasteiger partial charge is 0.143 e. The van der Waals surface area contributed by atoms with Crippen LogP contribution in [0.15, 0.2) is 241 Å². The van der Waals surface area contributed by atoms with Crippen molar-refractivity contribution >= 4 is 49.8 Å². The zero-order valence-corrected chi connectivity index (χ0v) is 32.9. The van der Waals surface area contributed by atoms with Gasteiger partial charge in [-0.1, -0.05) is 194 Å². The highest BCUT2D eigenvalue weighted by Crippen LogP contribution is 2.46. The first-order valence-corrected chi connectivity index (χ1v) is 20.5. The fourth-order valence-corrected chi connectivity index (χ4v) is 8.83. The number of hydrogen-bond acceptors (Lipinski definition) is 2. The molecule has 0 atom stereocenters. The molecule has 0 saturated carbocycles. The minimum Gasteiger partial charge on any atom is -0.455 e. The fourth-order valence-electron chi connectivity index (χ4n) is 8.83. The molecule has 0 aliphatic carbocycles. The summed E-state index contributed by atoms with van der Waals surface area (Å²) in [6, 6.07) is 84.7. The third-order valence-corrected chi connectivity index (χ3v) is 11.7. The number of para-hydroxylation sites is 1. The molecule has 0 bridgehead atoms. The minimum atomic E-state index is 0.850. The number of anilines is 3. The third kappa shape index (κ3) is 6.32. The normalized spacial score (nSPS) is 11.3. The highest BCUT2D eigenvalue weighted by Gasteiger charge is 2.22. The molecular formula is C58H39NO. The van der Waals surface area contributed by atoms with Crippen molar-refractivity contribution in [3.8, 4) is 55.6 Å². The van der Waals surface area contributed by atoms with Crippen LogP contribution in [0.5, 0.6) is 0 Å². The quantitative estimate of drug-likeness (QED) is 0.153. The van der Waals surface area contributed by atoms with Crippen LogP contribution < -0.4 is 4.90 Å². The molecule has 0 fully saturated rings. The lowest BCUT2D eigenvalue weighted by Gasteiger charge is -2.27. The van der Waals surface area contributed by atoms with Crippen LogP contribution in [0.4, 0.5) is 17.1 Å². The van der Waals surface area contributed by atoms with Crippen molar-refractivity contribution in [2.45, 2.75) is 0 Å². The summed E-state index contributed by atoms with van der Waals surface area (Å²) >= 11 is 0. The summed E-state index contributed by atoms with van der Waals surface area (Å²) in [5, 5.41) is 4.59. The van der Waals surface area contributed by atoms with Gasteiger partial charge in [0.05, 0.1) is 11.1 Å². The molecule has 0 N–H and O–H groups in total. The zero-order valence-electron chi connectivity index (χ0n) is 32.9. The predicted molar refractivity (Wildman–Crippen MR) is 253 cm³/mol. The van der Waals surface area contributed by atoms with E-state index in [1.165, 1.54) is 44.2 Å². The summed E-state index contributed by atoms with van der Waals surface area (Å²) in [5.41, 5.74) is 16.6. The lowest BCUT2D eigenvalue weighted by Crippen LogP contribution is -2.10. The molecule has 0 amide bonds. The van der Waals surface area contributed by atoms with Gasteiger partial charge in [0.1, 0.15) is 11.2 Å². The Balaban J connectivity index is 1.10. The molecular weight excluding hydrogens is 727 g/mol. The number of hydrogen-bond donors (Lipinski definition) is 0. The Kier molecular flexibility index (Phi) is 8.87. The van der Waals surface area contributed by atoms with Crippen LogP contribution in [-0.2, 0) is 0 Å². The second-order valence-corrected chi connectivity index (χ2v) is 15.3. The maximum atomic E-state index is 6.79. The zero-order chi connectivity index (χ0) is 39.8. The Hall–Kier alpha value is -7.94. The van der Waals surface area contributed by atoms with Crippen molar-refractivity contribution in [2.24, 2.45) is 0 Å². The molecule has 1 aromatic heterocycles. The van der Waals surface area contributed by atoms with E-state index in [0.717, 1.165) is 61.3 Å². The van der Waals surface area contributed by atoms with Gasteiger partial charge in [0.15, 0.2) is 0 Å². The van der Waals surface area contributed by atoms with Gasteiger partial charge in [-0.15, -0.1) is 0 Å². The predicted octanol–water partition coefficient (Wildman–Crippen LogP) is 16.5. The molecule has 11 aromatic rings. The average Bonchev–Trinajstić information content (AvgIpc) is 3.72. The third-order valence-electron chi connectivity index (χ3n) is 11.7. The van der Waals surface area contributed by atoms with Crippen LogP contribution in [0.1, 0.15) is 0 Å². The van der Waals surface area contributed by atoms with Crippen molar-refractivity contribution in [3.63, 3.8) is 0 Å². The van der Waals surface area contributed by atoms with E-state index in [-0.39, 0.29) is 0 Å². The molecule has 10 aromatic carbocycles. The van der Waals surface area contributed by atoms with Crippen LogP contribution in [0.25, 0.3) is 88.3 Å². The van der Waals surface area contributed by atoms with Crippen molar-refractivity contribution < 1.29 is 4.42 Å². The van der Waals surface area contributed by atoms with E-state index in [1.807, 2.05) is 0 Å². The van der Waals surface area contributed by atoms with Crippen LogP contribution in [0, 0.1) is 0 Å². The monoisotopic (exact) mass is 765 g/mol. The molecule has 11 rings (SSSR count). The second-order valence-electron chi connectivity index (χ2n) is 15.3. The summed E-state index contributed by atoms with van der Waals surface area (Å²) in [7, 11) is 0. The number of furan rings is 1. The maximum Gasteiger partial charge on any atom is 0.143 e. The van der Waals surface area contributed by atoms with E-state index in [1.54, 1.807) is 0 Å². The van der Waals surface area contributed by atoms with Crippen molar-refractivity contribution in [1.82, 2.24) is 0 Å². The largest absolute Gasteiger partial charge is 0.455 e. The molecule has 0 saturated heterocycles. The van der Waals surface area contributed by atoms with Crippen molar-refractivity contribution in [1.29, 1.82) is 0 Å². The van der Waals surface area contributed by atoms with Gasteiger partial charge in [-0.3, -0.25) is 0 Å². The molecule has 60 heavy (non-hydrogen) atoms. The summed E-state index contributed by atoms with van der Waals surface area (Å²) in [6.07, 6.45) is 0. The van der Waals surface area contributed by atoms with Crippen molar-refractivity contribution in [2.75, 3.05) is 4.90 Å². The fraction of sp³-hybridized carbons (Fsp3) is 0. The molecule has 0 spiro atoms. The van der Waals surface area contributed by atoms with Gasteiger partial charge in [-0.05, 0) is 103 Å². The Morgan fingerprint density at radius 1 is 0.300 bits per heavy atom. The van der Waals surface area contributed by atoms with E-state index in [9.17, 15) is 0 Å². The standard InChI is InChI=1S/C58H39NO/c1-4-16-40(17-5-1)45-33-32-43-22-13-27-51(54(43)39-45)46-23-12-24-48(38-46)59(47-36-34-44(35-37-47)50-26-11-10-25-49(50)41-18-6-2-7-19-41)55-30-15-31-56-57(55)53-29-14-28-52(58(53)60-56)42-20-8-3-9-21-42/h1-39H. The first-order valence-electron chi connectivity index (χ1n) is 20.5. The molecule has 1 heterocycles. The first kappa shape index (κ1) is 35.2. The number of nitrogens with zero attached hydrogens (tertiary/aromatic N) is 1. The minimum absolute atomic E-state index is 0.850. The Bertz CT molecular complexity index is 3290. The van der Waals surface area contributed by atoms with Gasteiger partial charge < -0.3 is 9.32 Å². The molecule has 0 aliphatic heterocycles. The van der Waals surface area contributed by atoms with Gasteiger partial charge in [0, 0.05) is 22.3 Å². The van der Waals surface area contributed by atoms with E-state index in [0.29, 0.717) is 0 Å². The Morgan fingerprint density at radius 2 is 0.850 bits per heavy atom. The lowest BCUT2D eigenvalue weighted by atomic mass is 9.94. The van der Waals surface area contributed by atoms with E-state index >= 15 is 0 Å². The summed E-state index contributed by atoms with van der Waals surface area (Å²) in [6.45, 7) is 0. The van der Waals surface area contributed by atoms with Gasteiger partial charge in [0.2, 0.25) is 0 Å². The van der Waals surface area contributed by atoms with Gasteiger partial charge >= 0.3 is 0 Å². The van der Waals surface area contributed by atoms with Crippen LogP contribution in [0.3, 0.4) is 0 Å². The van der Waals surface area contributed by atoms with E-state index in [2.05, 4.69) is 241 Å². The number of rotatable bonds is 8. The van der Waals surface area contributed by atoms with Gasteiger partial charge in [-0.2, -0.15) is 0 Å². The molecule has 0 aliphatic rings. The lowest BCUT2D eigenvalue weighted by molar-refractivity contribution is 0.670. The molecule has 0 unspecified atom stereocenters. The number of fused-ring (bicyclic) bond motifs is 4. The number of benzene rings is 10. The summed E-state index contributed by atoms with van der Waals surface area (Å²) in [4.78, 5) is 2.39. The summed E-state index contributed by atoms with van der Waals surface area (Å²) < 4.78 is 6.79.